The normalized spacial score (nSPS) is 9.38. The molecule has 0 aliphatic heterocycles. The maximum absolute atomic E-state index is 11.0. The summed E-state index contributed by atoms with van der Waals surface area (Å²) in [5, 5.41) is 8.40. The maximum Gasteiger partial charge on any atom is 0.278 e. The number of benzene rings is 1. The maximum atomic E-state index is 11.0. The van der Waals surface area contributed by atoms with Crippen LogP contribution >= 0.6 is 0 Å². The molecule has 1 aromatic rings. The second-order valence-corrected chi connectivity index (χ2v) is 2.40. The minimum atomic E-state index is -0.649. The Bertz CT molecular complexity index is 325. The van der Waals surface area contributed by atoms with Crippen LogP contribution < -0.4 is 16.0 Å². The van der Waals surface area contributed by atoms with E-state index in [1.807, 2.05) is 0 Å². The van der Waals surface area contributed by atoms with E-state index >= 15 is 0 Å². The number of nitrogens with one attached hydrogen (secondary N) is 1. The lowest BCUT2D eigenvalue weighted by Crippen LogP contribution is -2.19. The Balaban J connectivity index is 3.15. The number of hydrogen-bond acceptors (Lipinski definition) is 4. The highest BCUT2D eigenvalue weighted by molar-refractivity contribution is 5.97. The zero-order valence-corrected chi connectivity index (χ0v) is 7.07. The first-order chi connectivity index (χ1) is 6.19. The van der Waals surface area contributed by atoms with Crippen molar-refractivity contribution in [2.45, 2.75) is 0 Å². The Morgan fingerprint density at radius 3 is 2.85 bits per heavy atom. The van der Waals surface area contributed by atoms with Gasteiger partial charge in [-0.15, -0.1) is 0 Å². The number of anilines is 1. The highest BCUT2D eigenvalue weighted by Gasteiger charge is 2.10. The molecule has 0 aliphatic carbocycles. The summed E-state index contributed by atoms with van der Waals surface area (Å²) in [5.74, 6) is -0.287. The first-order valence-electron chi connectivity index (χ1n) is 3.57. The molecule has 0 atom stereocenters. The van der Waals surface area contributed by atoms with Crippen LogP contribution in [0.25, 0.3) is 0 Å². The van der Waals surface area contributed by atoms with Gasteiger partial charge in [0, 0.05) is 5.69 Å². The smallest absolute Gasteiger partial charge is 0.278 e. The van der Waals surface area contributed by atoms with Gasteiger partial charge in [0.1, 0.15) is 5.75 Å². The second-order valence-electron chi connectivity index (χ2n) is 2.40. The topological polar surface area (TPSA) is 84.6 Å². The van der Waals surface area contributed by atoms with Gasteiger partial charge in [0.05, 0.1) is 12.7 Å². The van der Waals surface area contributed by atoms with Crippen molar-refractivity contribution in [3.8, 4) is 5.75 Å². The number of hydroxylamine groups is 1. The highest BCUT2D eigenvalue weighted by Crippen LogP contribution is 2.20. The lowest BCUT2D eigenvalue weighted by molar-refractivity contribution is 0.0703. The van der Waals surface area contributed by atoms with Crippen molar-refractivity contribution in [1.82, 2.24) is 5.48 Å². The molecule has 4 N–H and O–H groups in total. The van der Waals surface area contributed by atoms with Crippen LogP contribution in [-0.2, 0) is 0 Å². The lowest BCUT2D eigenvalue weighted by Gasteiger charge is -2.06. The van der Waals surface area contributed by atoms with Gasteiger partial charge in [-0.3, -0.25) is 10.0 Å². The minimum Gasteiger partial charge on any atom is -0.496 e. The van der Waals surface area contributed by atoms with Crippen molar-refractivity contribution in [2.24, 2.45) is 0 Å². The number of hydrogen-bond donors (Lipinski definition) is 3. The van der Waals surface area contributed by atoms with Crippen molar-refractivity contribution < 1.29 is 14.7 Å². The van der Waals surface area contributed by atoms with Gasteiger partial charge in [-0.25, -0.2) is 5.48 Å². The van der Waals surface area contributed by atoms with Gasteiger partial charge in [0.15, 0.2) is 0 Å². The minimum absolute atomic E-state index is 0.199. The molecule has 0 bridgehead atoms. The lowest BCUT2D eigenvalue weighted by atomic mass is 10.1. The zero-order valence-electron chi connectivity index (χ0n) is 7.07. The van der Waals surface area contributed by atoms with E-state index in [-0.39, 0.29) is 5.56 Å². The van der Waals surface area contributed by atoms with E-state index in [4.69, 9.17) is 15.7 Å². The molecule has 5 heteroatoms. The second kappa shape index (κ2) is 3.77. The predicted octanol–water partition coefficient (Wildman–Crippen LogP) is 0.396. The Morgan fingerprint density at radius 1 is 1.62 bits per heavy atom. The molecule has 0 aromatic heterocycles. The Labute approximate surface area is 75.1 Å². The standard InChI is InChI=1S/C8H10N2O3/c1-13-7-3-2-5(9)4-6(7)8(11)10-12/h2-4,12H,9H2,1H3,(H,10,11). The Morgan fingerprint density at radius 2 is 2.31 bits per heavy atom. The van der Waals surface area contributed by atoms with Crippen LogP contribution in [0.5, 0.6) is 5.75 Å². The molecule has 0 saturated carbocycles. The van der Waals surface area contributed by atoms with Crippen LogP contribution in [0.4, 0.5) is 5.69 Å². The van der Waals surface area contributed by atoms with Crippen LogP contribution in [0.2, 0.25) is 0 Å². The summed E-state index contributed by atoms with van der Waals surface area (Å²) in [6.45, 7) is 0. The summed E-state index contributed by atoms with van der Waals surface area (Å²) in [4.78, 5) is 11.0. The number of ether oxygens (including phenoxy) is 1. The fourth-order valence-corrected chi connectivity index (χ4v) is 0.963. The van der Waals surface area contributed by atoms with Crippen LogP contribution in [0.15, 0.2) is 18.2 Å². The number of carbonyl (C=O) groups is 1. The fourth-order valence-electron chi connectivity index (χ4n) is 0.963. The molecular weight excluding hydrogens is 172 g/mol. The number of nitrogens with two attached hydrogens (primary N) is 1. The van der Waals surface area contributed by atoms with Crippen molar-refractivity contribution in [2.75, 3.05) is 12.8 Å². The van der Waals surface area contributed by atoms with Crippen molar-refractivity contribution >= 4 is 11.6 Å². The van der Waals surface area contributed by atoms with Gasteiger partial charge in [-0.2, -0.15) is 0 Å². The van der Waals surface area contributed by atoms with Gasteiger partial charge in [-0.05, 0) is 18.2 Å². The average molecular weight is 182 g/mol. The molecule has 5 nitrogen and oxygen atoms in total. The summed E-state index contributed by atoms with van der Waals surface area (Å²) < 4.78 is 4.90. The van der Waals surface area contributed by atoms with Gasteiger partial charge in [0.2, 0.25) is 0 Å². The molecule has 0 radical (unpaired) electrons. The Kier molecular flexibility index (Phi) is 2.71. The number of carbonyl (C=O) groups excluding carboxylic acids is 1. The Hall–Kier alpha value is -1.75. The SMILES string of the molecule is COc1ccc(N)cc1C(=O)NO. The predicted molar refractivity (Wildman–Crippen MR) is 46.7 cm³/mol. The summed E-state index contributed by atoms with van der Waals surface area (Å²) >= 11 is 0. The van der Waals surface area contributed by atoms with Crippen molar-refractivity contribution in [3.63, 3.8) is 0 Å². The monoisotopic (exact) mass is 182 g/mol. The first kappa shape index (κ1) is 9.34. The number of amides is 1. The molecule has 1 amide bonds. The van der Waals surface area contributed by atoms with Gasteiger partial charge >= 0.3 is 0 Å². The van der Waals surface area contributed by atoms with Crippen molar-refractivity contribution in [1.29, 1.82) is 0 Å². The third-order valence-electron chi connectivity index (χ3n) is 1.57. The van der Waals surface area contributed by atoms with Gasteiger partial charge in [-0.1, -0.05) is 0 Å². The average Bonchev–Trinajstić information content (AvgIpc) is 2.16. The first-order valence-corrected chi connectivity index (χ1v) is 3.57. The third-order valence-corrected chi connectivity index (χ3v) is 1.57. The zero-order chi connectivity index (χ0) is 9.84. The molecule has 1 rings (SSSR count). The summed E-state index contributed by atoms with van der Waals surface area (Å²) in [6.07, 6.45) is 0. The number of nitrogen functional groups attached to an aromatic ring is 1. The number of rotatable bonds is 2. The molecule has 1 aromatic carbocycles. The molecule has 0 aliphatic rings. The molecular formula is C8H10N2O3. The molecule has 0 spiro atoms. The summed E-state index contributed by atoms with van der Waals surface area (Å²) in [6, 6.07) is 4.58. The summed E-state index contributed by atoms with van der Waals surface area (Å²) in [7, 11) is 1.43. The number of methoxy groups -OCH3 is 1. The molecule has 0 fully saturated rings. The molecule has 70 valence electrons. The van der Waals surface area contributed by atoms with E-state index < -0.39 is 5.91 Å². The van der Waals surface area contributed by atoms with Gasteiger partial charge in [0.25, 0.3) is 5.91 Å². The third kappa shape index (κ3) is 1.88. The van der Waals surface area contributed by atoms with Crippen LogP contribution in [0, 0.1) is 0 Å². The van der Waals surface area contributed by atoms with Crippen LogP contribution in [-0.4, -0.2) is 18.2 Å². The largest absolute Gasteiger partial charge is 0.496 e. The van der Waals surface area contributed by atoms with Crippen molar-refractivity contribution in [3.05, 3.63) is 23.8 Å². The molecule has 0 heterocycles. The van der Waals surface area contributed by atoms with Crippen LogP contribution in [0.1, 0.15) is 10.4 Å². The van der Waals surface area contributed by atoms with E-state index in [2.05, 4.69) is 0 Å². The fraction of sp³-hybridized carbons (Fsp3) is 0.125. The van der Waals surface area contributed by atoms with Gasteiger partial charge < -0.3 is 10.5 Å². The summed E-state index contributed by atoms with van der Waals surface area (Å²) in [5.41, 5.74) is 7.60. The molecule has 13 heavy (non-hydrogen) atoms. The highest BCUT2D eigenvalue weighted by atomic mass is 16.5. The van der Waals surface area contributed by atoms with E-state index in [1.165, 1.54) is 18.7 Å². The molecule has 0 unspecified atom stereocenters. The van der Waals surface area contributed by atoms with E-state index in [9.17, 15) is 4.79 Å². The van der Waals surface area contributed by atoms with E-state index in [1.54, 1.807) is 12.1 Å². The van der Waals surface area contributed by atoms with E-state index in [0.29, 0.717) is 11.4 Å². The van der Waals surface area contributed by atoms with Crippen LogP contribution in [0.3, 0.4) is 0 Å². The quantitative estimate of drug-likeness (QED) is 0.351. The molecule has 0 saturated heterocycles. The van der Waals surface area contributed by atoms with E-state index in [0.717, 1.165) is 0 Å².